The summed E-state index contributed by atoms with van der Waals surface area (Å²) in [7, 11) is -3.49. The molecule has 1 aromatic carbocycles. The average Bonchev–Trinajstić information content (AvgIpc) is 3.32. The molecule has 2 atom stereocenters. The van der Waals surface area contributed by atoms with E-state index in [9.17, 15) is 8.42 Å². The number of rotatable bonds is 4. The fourth-order valence-corrected chi connectivity index (χ4v) is 5.88. The summed E-state index contributed by atoms with van der Waals surface area (Å²) in [4.78, 5) is 1.20. The average molecular weight is 404 g/mol. The lowest BCUT2D eigenvalue weighted by atomic mass is 9.94. The molecule has 3 heterocycles. The van der Waals surface area contributed by atoms with Gasteiger partial charge in [-0.15, -0.1) is 21.5 Å². The molecule has 6 nitrogen and oxygen atoms in total. The van der Waals surface area contributed by atoms with Crippen molar-refractivity contribution in [2.24, 2.45) is 11.8 Å². The second-order valence-electron chi connectivity index (χ2n) is 7.18. The lowest BCUT2D eigenvalue weighted by Crippen LogP contribution is -2.42. The van der Waals surface area contributed by atoms with Crippen LogP contribution in [-0.4, -0.2) is 36.0 Å². The van der Waals surface area contributed by atoms with Crippen LogP contribution in [0.3, 0.4) is 0 Å². The highest BCUT2D eigenvalue weighted by molar-refractivity contribution is 7.89. The van der Waals surface area contributed by atoms with Gasteiger partial charge < -0.3 is 4.42 Å². The molecule has 1 aliphatic heterocycles. The number of nitrogens with zero attached hydrogens (tertiary/aromatic N) is 3. The summed E-state index contributed by atoms with van der Waals surface area (Å²) >= 11 is 1.53. The van der Waals surface area contributed by atoms with E-state index in [-0.39, 0.29) is 0 Å². The highest BCUT2D eigenvalue weighted by Gasteiger charge is 2.31. The van der Waals surface area contributed by atoms with Gasteiger partial charge in [0.15, 0.2) is 0 Å². The van der Waals surface area contributed by atoms with Crippen molar-refractivity contribution in [1.29, 1.82) is 0 Å². The number of hydrogen-bond acceptors (Lipinski definition) is 6. The van der Waals surface area contributed by atoms with Gasteiger partial charge in [0.05, 0.1) is 9.77 Å². The normalized spacial score (nSPS) is 21.4. The van der Waals surface area contributed by atoms with Crippen molar-refractivity contribution in [3.8, 4) is 22.2 Å². The van der Waals surface area contributed by atoms with Crippen molar-refractivity contribution in [2.75, 3.05) is 13.1 Å². The van der Waals surface area contributed by atoms with E-state index < -0.39 is 10.0 Å². The highest BCUT2D eigenvalue weighted by atomic mass is 32.2. The van der Waals surface area contributed by atoms with Crippen molar-refractivity contribution < 1.29 is 12.8 Å². The van der Waals surface area contributed by atoms with Crippen LogP contribution in [0.5, 0.6) is 0 Å². The minimum absolute atomic E-state index is 0.297. The lowest BCUT2D eigenvalue weighted by molar-refractivity contribution is 0.222. The van der Waals surface area contributed by atoms with Gasteiger partial charge in [0.1, 0.15) is 0 Å². The molecule has 0 radical (unpaired) electrons. The predicted octanol–water partition coefficient (Wildman–Crippen LogP) is 4.13. The van der Waals surface area contributed by atoms with E-state index >= 15 is 0 Å². The molecule has 1 saturated heterocycles. The van der Waals surface area contributed by atoms with Gasteiger partial charge in [-0.05, 0) is 54.0 Å². The molecule has 3 aromatic rings. The van der Waals surface area contributed by atoms with Crippen LogP contribution in [0.2, 0.25) is 0 Å². The maximum atomic E-state index is 13.0. The second kappa shape index (κ2) is 7.18. The van der Waals surface area contributed by atoms with Crippen LogP contribution >= 0.6 is 11.3 Å². The van der Waals surface area contributed by atoms with Crippen molar-refractivity contribution >= 4 is 21.4 Å². The second-order valence-corrected chi connectivity index (χ2v) is 10.1. The third kappa shape index (κ3) is 3.69. The number of aromatic nitrogens is 2. The smallest absolute Gasteiger partial charge is 0.258 e. The number of thiophene rings is 1. The summed E-state index contributed by atoms with van der Waals surface area (Å²) in [6.07, 6.45) is 1.06. The Labute approximate surface area is 162 Å². The summed E-state index contributed by atoms with van der Waals surface area (Å²) in [5.41, 5.74) is 0.699. The number of sulfonamides is 1. The molecule has 0 amide bonds. The van der Waals surface area contributed by atoms with Gasteiger partial charge in [-0.1, -0.05) is 19.9 Å². The Hall–Kier alpha value is -2.03. The van der Waals surface area contributed by atoms with Crippen LogP contribution in [0.1, 0.15) is 20.3 Å². The van der Waals surface area contributed by atoms with E-state index in [1.807, 2.05) is 17.5 Å². The standard InChI is InChI=1S/C19H21N3O3S2/c1-13-10-14(2)12-22(11-13)27(23,24)16-7-5-15(6-8-16)18-20-21-19(25-18)17-4-3-9-26-17/h3-9,13-14H,10-12H2,1-2H3. The molecule has 1 fully saturated rings. The Kier molecular flexibility index (Phi) is 4.88. The topological polar surface area (TPSA) is 76.3 Å². The molecule has 8 heteroatoms. The highest BCUT2D eigenvalue weighted by Crippen LogP contribution is 2.29. The van der Waals surface area contributed by atoms with Crippen molar-refractivity contribution in [3.63, 3.8) is 0 Å². The summed E-state index contributed by atoms with van der Waals surface area (Å²) in [6.45, 7) is 5.34. The lowest BCUT2D eigenvalue weighted by Gasteiger charge is -2.34. The maximum absolute atomic E-state index is 13.0. The molecule has 0 saturated carbocycles. The van der Waals surface area contributed by atoms with Crippen LogP contribution < -0.4 is 0 Å². The first-order valence-corrected chi connectivity index (χ1v) is 11.2. The molecule has 0 bridgehead atoms. The zero-order valence-electron chi connectivity index (χ0n) is 15.2. The summed E-state index contributed by atoms with van der Waals surface area (Å²) in [6, 6.07) is 10.5. The summed E-state index contributed by atoms with van der Waals surface area (Å²) < 4.78 is 33.2. The first-order valence-electron chi connectivity index (χ1n) is 8.91. The Morgan fingerprint density at radius 2 is 1.70 bits per heavy atom. The Morgan fingerprint density at radius 1 is 1.04 bits per heavy atom. The monoisotopic (exact) mass is 403 g/mol. The van der Waals surface area contributed by atoms with Crippen LogP contribution in [0.25, 0.3) is 22.2 Å². The Balaban J connectivity index is 1.57. The Bertz CT molecular complexity index is 1000. The molecule has 27 heavy (non-hydrogen) atoms. The van der Waals surface area contributed by atoms with Crippen molar-refractivity contribution in [2.45, 2.75) is 25.2 Å². The number of piperidine rings is 1. The van der Waals surface area contributed by atoms with Crippen molar-refractivity contribution in [1.82, 2.24) is 14.5 Å². The van der Waals surface area contributed by atoms with Gasteiger partial charge in [0.25, 0.3) is 5.89 Å². The minimum atomic E-state index is -3.49. The first-order chi connectivity index (χ1) is 12.9. The van der Waals surface area contributed by atoms with E-state index in [2.05, 4.69) is 24.0 Å². The fourth-order valence-electron chi connectivity index (χ4n) is 3.56. The van der Waals surface area contributed by atoms with E-state index in [0.29, 0.717) is 47.2 Å². The molecular formula is C19H21N3O3S2. The molecular weight excluding hydrogens is 382 g/mol. The van der Waals surface area contributed by atoms with Gasteiger partial charge in [0, 0.05) is 18.7 Å². The van der Waals surface area contributed by atoms with Gasteiger partial charge >= 0.3 is 0 Å². The van der Waals surface area contributed by atoms with Crippen LogP contribution in [-0.2, 0) is 10.0 Å². The molecule has 1 aliphatic rings. The van der Waals surface area contributed by atoms with Crippen LogP contribution in [0, 0.1) is 11.8 Å². The Morgan fingerprint density at radius 3 is 2.33 bits per heavy atom. The van der Waals surface area contributed by atoms with Gasteiger partial charge in [-0.2, -0.15) is 4.31 Å². The zero-order valence-corrected chi connectivity index (χ0v) is 16.8. The van der Waals surface area contributed by atoms with Gasteiger partial charge in [-0.25, -0.2) is 8.42 Å². The minimum Gasteiger partial charge on any atom is -0.415 e. The molecule has 0 aliphatic carbocycles. The predicted molar refractivity (Wildman–Crippen MR) is 105 cm³/mol. The summed E-state index contributed by atoms with van der Waals surface area (Å²) in [5, 5.41) is 10.1. The number of benzene rings is 1. The molecule has 2 unspecified atom stereocenters. The molecule has 4 rings (SSSR count). The quantitative estimate of drug-likeness (QED) is 0.655. The third-order valence-corrected chi connectivity index (χ3v) is 7.44. The van der Waals surface area contributed by atoms with Crippen LogP contribution in [0.4, 0.5) is 0 Å². The summed E-state index contributed by atoms with van der Waals surface area (Å²) in [5.74, 6) is 1.59. The van der Waals surface area contributed by atoms with Crippen LogP contribution in [0.15, 0.2) is 51.1 Å². The van der Waals surface area contributed by atoms with Gasteiger partial charge in [0.2, 0.25) is 15.9 Å². The first kappa shape index (κ1) is 18.3. The third-order valence-electron chi connectivity index (χ3n) is 4.73. The van der Waals surface area contributed by atoms with E-state index in [4.69, 9.17) is 4.42 Å². The molecule has 2 aromatic heterocycles. The molecule has 0 spiro atoms. The SMILES string of the molecule is CC1CC(C)CN(S(=O)(=O)c2ccc(-c3nnc(-c4cccs4)o3)cc2)C1. The molecule has 0 N–H and O–H groups in total. The van der Waals surface area contributed by atoms with E-state index in [1.54, 1.807) is 28.6 Å². The largest absolute Gasteiger partial charge is 0.415 e. The van der Waals surface area contributed by atoms with E-state index in [0.717, 1.165) is 11.3 Å². The van der Waals surface area contributed by atoms with Gasteiger partial charge in [-0.3, -0.25) is 0 Å². The number of hydrogen-bond donors (Lipinski definition) is 0. The molecule has 142 valence electrons. The fraction of sp³-hybridized carbons (Fsp3) is 0.368. The zero-order chi connectivity index (χ0) is 19.0. The van der Waals surface area contributed by atoms with Crippen molar-refractivity contribution in [3.05, 3.63) is 41.8 Å². The maximum Gasteiger partial charge on any atom is 0.258 e. The van der Waals surface area contributed by atoms with E-state index in [1.165, 1.54) is 11.3 Å².